The molecule has 0 saturated heterocycles. The van der Waals surface area contributed by atoms with Crippen molar-refractivity contribution in [3.05, 3.63) is 39.8 Å². The van der Waals surface area contributed by atoms with Crippen molar-refractivity contribution >= 4 is 57.6 Å². The van der Waals surface area contributed by atoms with Crippen molar-refractivity contribution in [2.75, 3.05) is 13.1 Å². The van der Waals surface area contributed by atoms with E-state index in [1.807, 2.05) is 20.8 Å². The van der Waals surface area contributed by atoms with Gasteiger partial charge in [0.25, 0.3) is 5.91 Å². The highest BCUT2D eigenvalue weighted by molar-refractivity contribution is 6.72. The number of hydrogen-bond acceptors (Lipinski definition) is 6. The number of Topliss-reactive ketones (excluding diaryl/α,β-unsaturated/α-hetero) is 1. The maximum atomic E-state index is 13.5. The molecule has 1 heterocycles. The van der Waals surface area contributed by atoms with E-state index in [2.05, 4.69) is 9.98 Å². The second kappa shape index (κ2) is 11.7. The van der Waals surface area contributed by atoms with E-state index in [1.54, 1.807) is 6.92 Å². The topological polar surface area (TPSA) is 126 Å². The third-order valence-electron chi connectivity index (χ3n) is 5.91. The first kappa shape index (κ1) is 29.1. The Morgan fingerprint density at radius 1 is 1.23 bits per heavy atom. The normalized spacial score (nSPS) is 21.5. The number of ketones is 1. The zero-order chi connectivity index (χ0) is 26.6. The minimum Gasteiger partial charge on any atom is -0.481 e. The smallest absolute Gasteiger partial charge is 0.309 e. The SMILES string of the molecule is CC(C)(C)CN(CC(=O)c1c(Cl)cncc1Cl)C(=O)C(=CN)C(Cl)=NC1CCC(C)(C(=O)O)CC1. The summed E-state index contributed by atoms with van der Waals surface area (Å²) in [5, 5.41) is 9.52. The molecule has 3 N–H and O–H groups in total. The van der Waals surface area contributed by atoms with Crippen LogP contribution in [0.3, 0.4) is 0 Å². The minimum absolute atomic E-state index is 0.0396. The second-order valence-electron chi connectivity index (χ2n) is 10.2. The van der Waals surface area contributed by atoms with Crippen molar-refractivity contribution in [2.45, 2.75) is 59.4 Å². The number of pyridine rings is 1. The van der Waals surface area contributed by atoms with Crippen LogP contribution in [0.15, 0.2) is 29.2 Å². The van der Waals surface area contributed by atoms with Crippen molar-refractivity contribution < 1.29 is 19.5 Å². The summed E-state index contributed by atoms with van der Waals surface area (Å²) in [5.41, 5.74) is 4.66. The van der Waals surface area contributed by atoms with Gasteiger partial charge in [0.15, 0.2) is 5.78 Å². The van der Waals surface area contributed by atoms with Crippen LogP contribution in [0.5, 0.6) is 0 Å². The molecule has 1 aromatic rings. The van der Waals surface area contributed by atoms with Gasteiger partial charge in [0.2, 0.25) is 0 Å². The van der Waals surface area contributed by atoms with Gasteiger partial charge in [0, 0.05) is 25.1 Å². The van der Waals surface area contributed by atoms with Crippen LogP contribution in [0.4, 0.5) is 0 Å². The van der Waals surface area contributed by atoms with Crippen molar-refractivity contribution in [1.82, 2.24) is 9.88 Å². The summed E-state index contributed by atoms with van der Waals surface area (Å²) in [6.45, 7) is 7.41. The number of nitrogens with zero attached hydrogens (tertiary/aromatic N) is 3. The Morgan fingerprint density at radius 2 is 1.77 bits per heavy atom. The number of carboxylic acids is 1. The van der Waals surface area contributed by atoms with Gasteiger partial charge in [-0.05, 0) is 38.0 Å². The monoisotopic (exact) mass is 544 g/mol. The first-order chi connectivity index (χ1) is 16.2. The molecule has 0 aliphatic heterocycles. The summed E-state index contributed by atoms with van der Waals surface area (Å²) in [6, 6.07) is -0.232. The lowest BCUT2D eigenvalue weighted by Crippen LogP contribution is -2.43. The van der Waals surface area contributed by atoms with E-state index in [0.29, 0.717) is 25.7 Å². The fourth-order valence-corrected chi connectivity index (χ4v) is 4.77. The molecule has 0 aromatic carbocycles. The van der Waals surface area contributed by atoms with Crippen LogP contribution in [-0.4, -0.2) is 57.0 Å². The summed E-state index contributed by atoms with van der Waals surface area (Å²) >= 11 is 18.7. The highest BCUT2D eigenvalue weighted by Gasteiger charge is 2.38. The number of halogens is 3. The largest absolute Gasteiger partial charge is 0.481 e. The molecule has 1 aliphatic rings. The van der Waals surface area contributed by atoms with Crippen LogP contribution >= 0.6 is 34.8 Å². The highest BCUT2D eigenvalue weighted by Crippen LogP contribution is 2.37. The van der Waals surface area contributed by atoms with Gasteiger partial charge >= 0.3 is 5.97 Å². The first-order valence-electron chi connectivity index (χ1n) is 11.2. The molecule has 0 spiro atoms. The number of carbonyl (C=O) groups is 3. The molecule has 1 fully saturated rings. The number of carboxylic acid groups (broad SMARTS) is 1. The predicted octanol–water partition coefficient (Wildman–Crippen LogP) is 4.96. The van der Waals surface area contributed by atoms with Crippen molar-refractivity contribution in [2.24, 2.45) is 21.6 Å². The Kier molecular flexibility index (Phi) is 9.73. The van der Waals surface area contributed by atoms with Gasteiger partial charge in [0.05, 0.1) is 39.2 Å². The van der Waals surface area contributed by atoms with Gasteiger partial charge in [-0.25, -0.2) is 0 Å². The quantitative estimate of drug-likeness (QED) is 0.270. The molecule has 1 aliphatic carbocycles. The third-order valence-corrected chi connectivity index (χ3v) is 6.78. The van der Waals surface area contributed by atoms with Crippen LogP contribution in [0.1, 0.15) is 63.7 Å². The van der Waals surface area contributed by atoms with Crippen LogP contribution in [0.2, 0.25) is 10.0 Å². The van der Waals surface area contributed by atoms with Gasteiger partial charge in [-0.2, -0.15) is 0 Å². The van der Waals surface area contributed by atoms with E-state index in [9.17, 15) is 19.5 Å². The molecule has 192 valence electrons. The maximum absolute atomic E-state index is 13.5. The number of aliphatic imine (C=N–C) groups is 1. The van der Waals surface area contributed by atoms with Crippen LogP contribution in [0.25, 0.3) is 0 Å². The summed E-state index contributed by atoms with van der Waals surface area (Å²) in [6.07, 6.45) is 5.64. The Labute approximate surface area is 220 Å². The molecular weight excluding hydrogens is 515 g/mol. The number of aliphatic carboxylic acids is 1. The summed E-state index contributed by atoms with van der Waals surface area (Å²) in [4.78, 5) is 47.7. The molecule has 0 bridgehead atoms. The van der Waals surface area contributed by atoms with Gasteiger partial charge in [-0.1, -0.05) is 55.6 Å². The number of carbonyl (C=O) groups excluding carboxylic acids is 2. The number of aromatic nitrogens is 1. The van der Waals surface area contributed by atoms with E-state index in [4.69, 9.17) is 40.5 Å². The highest BCUT2D eigenvalue weighted by atomic mass is 35.5. The van der Waals surface area contributed by atoms with Crippen molar-refractivity contribution in [3.8, 4) is 0 Å². The summed E-state index contributed by atoms with van der Waals surface area (Å²) in [7, 11) is 0. The molecule has 11 heteroatoms. The Morgan fingerprint density at radius 3 is 2.23 bits per heavy atom. The van der Waals surface area contributed by atoms with E-state index < -0.39 is 23.1 Å². The molecule has 35 heavy (non-hydrogen) atoms. The van der Waals surface area contributed by atoms with Crippen molar-refractivity contribution in [3.63, 3.8) is 0 Å². The fourth-order valence-electron chi connectivity index (χ4n) is 3.91. The van der Waals surface area contributed by atoms with E-state index in [1.165, 1.54) is 17.3 Å². The lowest BCUT2D eigenvalue weighted by molar-refractivity contribution is -0.149. The zero-order valence-electron chi connectivity index (χ0n) is 20.3. The predicted molar refractivity (Wildman–Crippen MR) is 138 cm³/mol. The molecule has 8 nitrogen and oxygen atoms in total. The summed E-state index contributed by atoms with van der Waals surface area (Å²) in [5.74, 6) is -1.85. The van der Waals surface area contributed by atoms with Gasteiger partial charge in [-0.15, -0.1) is 0 Å². The Hall–Kier alpha value is -2.16. The number of hydrogen-bond donors (Lipinski definition) is 2. The molecule has 1 aromatic heterocycles. The molecule has 0 radical (unpaired) electrons. The van der Waals surface area contributed by atoms with Crippen LogP contribution < -0.4 is 5.73 Å². The standard InChI is InChI=1S/C24H31Cl3N4O4/c1-23(2,3)13-31(12-18(32)19-16(25)10-29-11-17(19)26)21(33)15(9-28)20(27)30-14-5-7-24(4,8-6-14)22(34)35/h9-11,14H,5-8,12-13,28H2,1-4H3,(H,34,35). The molecule has 0 unspecified atom stereocenters. The Bertz CT molecular complexity index is 1020. The second-order valence-corrected chi connectivity index (χ2v) is 11.4. The van der Waals surface area contributed by atoms with Gasteiger partial charge < -0.3 is 15.7 Å². The van der Waals surface area contributed by atoms with Crippen LogP contribution in [-0.2, 0) is 9.59 Å². The van der Waals surface area contributed by atoms with Gasteiger partial charge in [-0.3, -0.25) is 24.4 Å². The maximum Gasteiger partial charge on any atom is 0.309 e. The average Bonchev–Trinajstić information content (AvgIpc) is 2.74. The van der Waals surface area contributed by atoms with Crippen LogP contribution in [0, 0.1) is 10.8 Å². The van der Waals surface area contributed by atoms with E-state index in [-0.39, 0.29) is 50.9 Å². The molecule has 1 amide bonds. The van der Waals surface area contributed by atoms with Gasteiger partial charge in [0.1, 0.15) is 5.17 Å². The minimum atomic E-state index is -0.833. The molecule has 2 rings (SSSR count). The van der Waals surface area contributed by atoms with E-state index >= 15 is 0 Å². The summed E-state index contributed by atoms with van der Waals surface area (Å²) < 4.78 is 0. The van der Waals surface area contributed by atoms with E-state index in [0.717, 1.165) is 6.20 Å². The lowest BCUT2D eigenvalue weighted by atomic mass is 9.74. The number of nitrogens with two attached hydrogens (primary N) is 1. The fraction of sp³-hybridized carbons (Fsp3) is 0.542. The lowest BCUT2D eigenvalue weighted by Gasteiger charge is -2.32. The zero-order valence-corrected chi connectivity index (χ0v) is 22.5. The number of rotatable bonds is 8. The molecular formula is C24H31Cl3N4O4. The Balaban J connectivity index is 2.26. The molecule has 0 atom stereocenters. The van der Waals surface area contributed by atoms with Crippen molar-refractivity contribution in [1.29, 1.82) is 0 Å². The molecule has 1 saturated carbocycles. The third kappa shape index (κ3) is 7.66. The first-order valence-corrected chi connectivity index (χ1v) is 12.3. The number of amides is 1. The average molecular weight is 546 g/mol.